The molecular weight excluding hydrogens is 358 g/mol. The molecule has 2 aromatic rings. The van der Waals surface area contributed by atoms with Crippen LogP contribution in [0, 0.1) is 0 Å². The van der Waals surface area contributed by atoms with Crippen molar-refractivity contribution in [3.8, 4) is 0 Å². The van der Waals surface area contributed by atoms with E-state index in [0.29, 0.717) is 25.7 Å². The van der Waals surface area contributed by atoms with Crippen LogP contribution in [-0.4, -0.2) is 66.6 Å². The van der Waals surface area contributed by atoms with Crippen molar-refractivity contribution in [2.75, 3.05) is 45.9 Å². The van der Waals surface area contributed by atoms with Crippen molar-refractivity contribution in [3.05, 3.63) is 28.2 Å². The maximum absolute atomic E-state index is 12.4. The molecule has 0 spiro atoms. The number of thiazole rings is 1. The van der Waals surface area contributed by atoms with Crippen molar-refractivity contribution < 1.29 is 9.53 Å². The van der Waals surface area contributed by atoms with Gasteiger partial charge >= 0.3 is 0 Å². The fraction of sp³-hybridized carbons (Fsp3) is 0.556. The number of hydrogen-bond donors (Lipinski definition) is 0. The highest BCUT2D eigenvalue weighted by molar-refractivity contribution is 7.18. The molecule has 7 heteroatoms. The third-order valence-electron chi connectivity index (χ3n) is 5.03. The molecule has 1 amide bonds. The Kier molecular flexibility index (Phi) is 5.22. The Hall–Kier alpha value is -1.21. The van der Waals surface area contributed by atoms with Crippen molar-refractivity contribution in [2.24, 2.45) is 0 Å². The summed E-state index contributed by atoms with van der Waals surface area (Å²) in [5.74, 6) is 0.724. The summed E-state index contributed by atoms with van der Waals surface area (Å²) in [6.07, 6.45) is 2.12. The smallest absolute Gasteiger partial charge is 0.236 e. The van der Waals surface area contributed by atoms with E-state index in [1.807, 2.05) is 17.0 Å². The highest BCUT2D eigenvalue weighted by Gasteiger charge is 2.26. The SMILES string of the molecule is O=C(CN1CCC(c2nc3cc(Cl)ccc3s2)CC1)N1CCOCC1. The van der Waals surface area contributed by atoms with Gasteiger partial charge in [-0.2, -0.15) is 0 Å². The van der Waals surface area contributed by atoms with Crippen LogP contribution in [-0.2, 0) is 9.53 Å². The topological polar surface area (TPSA) is 45.7 Å². The first-order valence-electron chi connectivity index (χ1n) is 8.83. The van der Waals surface area contributed by atoms with Crippen molar-refractivity contribution >= 4 is 39.1 Å². The number of morpholine rings is 1. The lowest BCUT2D eigenvalue weighted by molar-refractivity contribution is -0.136. The number of carbonyl (C=O) groups excluding carboxylic acids is 1. The average molecular weight is 380 g/mol. The molecule has 0 unspecified atom stereocenters. The molecule has 0 N–H and O–H groups in total. The average Bonchev–Trinajstić information content (AvgIpc) is 3.06. The summed E-state index contributed by atoms with van der Waals surface area (Å²) >= 11 is 7.83. The number of likely N-dealkylation sites (tertiary alicyclic amines) is 1. The van der Waals surface area contributed by atoms with Crippen LogP contribution in [0.2, 0.25) is 5.02 Å². The summed E-state index contributed by atoms with van der Waals surface area (Å²) in [4.78, 5) is 21.4. The minimum Gasteiger partial charge on any atom is -0.378 e. The molecule has 0 saturated carbocycles. The van der Waals surface area contributed by atoms with Crippen LogP contribution in [0.4, 0.5) is 0 Å². The Balaban J connectivity index is 1.33. The Morgan fingerprint density at radius 2 is 2.00 bits per heavy atom. The van der Waals surface area contributed by atoms with Crippen LogP contribution < -0.4 is 0 Å². The van der Waals surface area contributed by atoms with Gasteiger partial charge < -0.3 is 9.64 Å². The first-order valence-corrected chi connectivity index (χ1v) is 10.0. The summed E-state index contributed by atoms with van der Waals surface area (Å²) in [7, 11) is 0. The van der Waals surface area contributed by atoms with Gasteiger partial charge in [0.2, 0.25) is 5.91 Å². The number of nitrogens with zero attached hydrogens (tertiary/aromatic N) is 3. The van der Waals surface area contributed by atoms with E-state index < -0.39 is 0 Å². The molecule has 0 atom stereocenters. The number of aromatic nitrogens is 1. The Bertz CT molecular complexity index is 752. The van der Waals surface area contributed by atoms with Crippen LogP contribution in [0.1, 0.15) is 23.8 Å². The number of hydrogen-bond acceptors (Lipinski definition) is 5. The number of carbonyl (C=O) groups is 1. The molecular formula is C18H22ClN3O2S. The second-order valence-electron chi connectivity index (χ2n) is 6.71. The van der Waals surface area contributed by atoms with E-state index in [1.165, 1.54) is 9.71 Å². The van der Waals surface area contributed by atoms with Crippen LogP contribution in [0.25, 0.3) is 10.2 Å². The molecule has 0 aliphatic carbocycles. The zero-order chi connectivity index (χ0) is 17.2. The number of rotatable bonds is 3. The maximum atomic E-state index is 12.4. The number of ether oxygens (including phenoxy) is 1. The number of piperidine rings is 1. The van der Waals surface area contributed by atoms with Gasteiger partial charge in [0.1, 0.15) is 0 Å². The van der Waals surface area contributed by atoms with Gasteiger partial charge in [-0.15, -0.1) is 11.3 Å². The largest absolute Gasteiger partial charge is 0.378 e. The molecule has 2 aliphatic heterocycles. The number of amides is 1. The van der Waals surface area contributed by atoms with Crippen LogP contribution >= 0.6 is 22.9 Å². The van der Waals surface area contributed by atoms with Crippen molar-refractivity contribution in [3.63, 3.8) is 0 Å². The van der Waals surface area contributed by atoms with E-state index >= 15 is 0 Å². The van der Waals surface area contributed by atoms with Crippen molar-refractivity contribution in [2.45, 2.75) is 18.8 Å². The molecule has 0 bridgehead atoms. The van der Waals surface area contributed by atoms with Crippen LogP contribution in [0.15, 0.2) is 18.2 Å². The number of benzene rings is 1. The minimum absolute atomic E-state index is 0.233. The molecule has 134 valence electrons. The maximum Gasteiger partial charge on any atom is 0.236 e. The lowest BCUT2D eigenvalue weighted by Gasteiger charge is -2.33. The monoisotopic (exact) mass is 379 g/mol. The first kappa shape index (κ1) is 17.2. The van der Waals surface area contributed by atoms with Gasteiger partial charge in [0.25, 0.3) is 0 Å². The summed E-state index contributed by atoms with van der Waals surface area (Å²) in [5.41, 5.74) is 0.998. The molecule has 2 saturated heterocycles. The first-order chi connectivity index (χ1) is 12.2. The standard InChI is InChI=1S/C18H22ClN3O2S/c19-14-1-2-16-15(11-14)20-18(25-16)13-3-5-21(6-4-13)12-17(23)22-7-9-24-10-8-22/h1-2,11,13H,3-10,12H2. The fourth-order valence-corrected chi connectivity index (χ4v) is 4.82. The van der Waals surface area contributed by atoms with E-state index in [4.69, 9.17) is 21.3 Å². The van der Waals surface area contributed by atoms with Gasteiger partial charge in [-0.3, -0.25) is 9.69 Å². The Morgan fingerprint density at radius 3 is 2.76 bits per heavy atom. The van der Waals surface area contributed by atoms with Gasteiger partial charge in [0, 0.05) is 24.0 Å². The predicted molar refractivity (Wildman–Crippen MR) is 100 cm³/mol. The molecule has 3 heterocycles. The molecule has 2 fully saturated rings. The van der Waals surface area contributed by atoms with E-state index in [9.17, 15) is 4.79 Å². The van der Waals surface area contributed by atoms with Crippen LogP contribution in [0.3, 0.4) is 0 Å². The molecule has 1 aromatic heterocycles. The zero-order valence-electron chi connectivity index (χ0n) is 14.1. The molecule has 5 nitrogen and oxygen atoms in total. The zero-order valence-corrected chi connectivity index (χ0v) is 15.7. The third-order valence-corrected chi connectivity index (χ3v) is 6.46. The van der Waals surface area contributed by atoms with Gasteiger partial charge in [-0.25, -0.2) is 4.98 Å². The fourth-order valence-electron chi connectivity index (χ4n) is 3.54. The number of fused-ring (bicyclic) bond motifs is 1. The lowest BCUT2D eigenvalue weighted by atomic mass is 9.97. The third kappa shape index (κ3) is 3.97. The summed E-state index contributed by atoms with van der Waals surface area (Å²) < 4.78 is 6.51. The molecule has 1 aromatic carbocycles. The second kappa shape index (κ2) is 7.58. The van der Waals surface area contributed by atoms with Gasteiger partial charge in [0.05, 0.1) is 35.0 Å². The number of halogens is 1. The molecule has 25 heavy (non-hydrogen) atoms. The molecule has 4 rings (SSSR count). The van der Waals surface area contributed by atoms with E-state index in [0.717, 1.165) is 49.6 Å². The summed E-state index contributed by atoms with van der Waals surface area (Å²) in [5, 5.41) is 1.94. The Morgan fingerprint density at radius 1 is 1.24 bits per heavy atom. The van der Waals surface area contributed by atoms with Gasteiger partial charge in [-0.1, -0.05) is 11.6 Å². The Labute approximate surface area is 156 Å². The quantitative estimate of drug-likeness (QED) is 0.822. The highest BCUT2D eigenvalue weighted by atomic mass is 35.5. The second-order valence-corrected chi connectivity index (χ2v) is 8.21. The van der Waals surface area contributed by atoms with Gasteiger partial charge in [0.15, 0.2) is 0 Å². The summed E-state index contributed by atoms with van der Waals surface area (Å²) in [6, 6.07) is 5.91. The minimum atomic E-state index is 0.233. The normalized spacial score (nSPS) is 20.3. The molecule has 2 aliphatic rings. The highest BCUT2D eigenvalue weighted by Crippen LogP contribution is 2.34. The van der Waals surface area contributed by atoms with Crippen molar-refractivity contribution in [1.29, 1.82) is 0 Å². The van der Waals surface area contributed by atoms with E-state index in [1.54, 1.807) is 11.3 Å². The van der Waals surface area contributed by atoms with E-state index in [2.05, 4.69) is 11.0 Å². The van der Waals surface area contributed by atoms with Crippen LogP contribution in [0.5, 0.6) is 0 Å². The molecule has 0 radical (unpaired) electrons. The van der Waals surface area contributed by atoms with Gasteiger partial charge in [-0.05, 0) is 44.1 Å². The predicted octanol–water partition coefficient (Wildman–Crippen LogP) is 2.99. The summed E-state index contributed by atoms with van der Waals surface area (Å²) in [6.45, 7) is 5.22. The van der Waals surface area contributed by atoms with E-state index in [-0.39, 0.29) is 5.91 Å². The van der Waals surface area contributed by atoms with Crippen molar-refractivity contribution in [1.82, 2.24) is 14.8 Å². The lowest BCUT2D eigenvalue weighted by Crippen LogP contribution is -2.47.